The maximum Gasteiger partial charge on any atom is 0.252 e. The molecule has 0 saturated heterocycles. The summed E-state index contributed by atoms with van der Waals surface area (Å²) in [4.78, 5) is 24.9. The minimum atomic E-state index is -1.63. The molecule has 7 nitrogen and oxygen atoms in total. The molecule has 3 unspecified atom stereocenters. The van der Waals surface area contributed by atoms with Gasteiger partial charge >= 0.3 is 0 Å². The molecule has 8 heteroatoms. The number of thiazole rings is 1. The summed E-state index contributed by atoms with van der Waals surface area (Å²) in [7, 11) is 0. The lowest BCUT2D eigenvalue weighted by atomic mass is 10.0. The molecular formula is C22H24N4O3S. The monoisotopic (exact) mass is 424 g/mol. The first kappa shape index (κ1) is 20.5. The third kappa shape index (κ3) is 4.21. The van der Waals surface area contributed by atoms with Gasteiger partial charge in [0.1, 0.15) is 16.9 Å². The SMILES string of the molecule is CC(C)CC(NC(=O)C(O)C(O)c1nc2ccccc2s1)c1nc2ccccc2[nH]1. The summed E-state index contributed by atoms with van der Waals surface area (Å²) < 4.78 is 0.888. The van der Waals surface area contributed by atoms with Gasteiger partial charge in [0.15, 0.2) is 6.10 Å². The fourth-order valence-electron chi connectivity index (χ4n) is 3.40. The number of hydrogen-bond acceptors (Lipinski definition) is 6. The number of fused-ring (bicyclic) bond motifs is 2. The normalized spacial score (nSPS) is 14.8. The Morgan fingerprint density at radius 3 is 2.47 bits per heavy atom. The van der Waals surface area contributed by atoms with Crippen molar-refractivity contribution in [2.45, 2.75) is 38.5 Å². The van der Waals surface area contributed by atoms with Crippen molar-refractivity contribution in [1.29, 1.82) is 0 Å². The Morgan fingerprint density at radius 2 is 1.77 bits per heavy atom. The molecule has 0 saturated carbocycles. The van der Waals surface area contributed by atoms with Gasteiger partial charge in [0.05, 0.1) is 27.3 Å². The molecule has 3 atom stereocenters. The van der Waals surface area contributed by atoms with Crippen molar-refractivity contribution in [2.75, 3.05) is 0 Å². The second-order valence-corrected chi connectivity index (χ2v) is 8.80. The predicted octanol–water partition coefficient (Wildman–Crippen LogP) is 3.47. The Labute approximate surface area is 177 Å². The van der Waals surface area contributed by atoms with Crippen LogP contribution < -0.4 is 5.32 Å². The predicted molar refractivity (Wildman–Crippen MR) is 117 cm³/mol. The van der Waals surface area contributed by atoms with Crippen LogP contribution in [-0.4, -0.2) is 37.2 Å². The van der Waals surface area contributed by atoms with Crippen molar-refractivity contribution in [3.8, 4) is 0 Å². The molecule has 30 heavy (non-hydrogen) atoms. The van der Waals surface area contributed by atoms with Crippen LogP contribution >= 0.6 is 11.3 Å². The fraction of sp³-hybridized carbons (Fsp3) is 0.318. The minimum absolute atomic E-state index is 0.287. The first-order valence-corrected chi connectivity index (χ1v) is 10.7. The van der Waals surface area contributed by atoms with Crippen molar-refractivity contribution in [2.24, 2.45) is 5.92 Å². The van der Waals surface area contributed by atoms with E-state index in [0.29, 0.717) is 17.3 Å². The Balaban J connectivity index is 1.53. The van der Waals surface area contributed by atoms with Crippen molar-refractivity contribution >= 4 is 38.5 Å². The zero-order valence-corrected chi connectivity index (χ0v) is 17.6. The molecule has 4 N–H and O–H groups in total. The topological polar surface area (TPSA) is 111 Å². The molecule has 2 aromatic carbocycles. The van der Waals surface area contributed by atoms with Gasteiger partial charge in [0, 0.05) is 0 Å². The van der Waals surface area contributed by atoms with Gasteiger partial charge in [-0.3, -0.25) is 4.79 Å². The highest BCUT2D eigenvalue weighted by molar-refractivity contribution is 7.18. The van der Waals surface area contributed by atoms with Gasteiger partial charge in [-0.15, -0.1) is 11.3 Å². The first-order chi connectivity index (χ1) is 14.4. The Morgan fingerprint density at radius 1 is 1.07 bits per heavy atom. The molecule has 4 aromatic rings. The minimum Gasteiger partial charge on any atom is -0.383 e. The van der Waals surface area contributed by atoms with E-state index in [4.69, 9.17) is 0 Å². The third-order valence-electron chi connectivity index (χ3n) is 4.89. The lowest BCUT2D eigenvalue weighted by Crippen LogP contribution is -2.41. The zero-order chi connectivity index (χ0) is 21.3. The summed E-state index contributed by atoms with van der Waals surface area (Å²) in [5.74, 6) is 0.252. The van der Waals surface area contributed by atoms with Crippen LogP contribution in [-0.2, 0) is 4.79 Å². The standard InChI is InChI=1S/C22H24N4O3S/c1-12(2)11-16(20-23-13-7-3-4-8-14(13)24-20)25-21(29)18(27)19(28)22-26-15-9-5-6-10-17(15)30-22/h3-10,12,16,18-19,27-28H,11H2,1-2H3,(H,23,24)(H,25,29). The lowest BCUT2D eigenvalue weighted by Gasteiger charge is -2.22. The number of carbonyl (C=O) groups is 1. The average molecular weight is 425 g/mol. The van der Waals surface area contributed by atoms with Crippen LogP contribution in [0.5, 0.6) is 0 Å². The van der Waals surface area contributed by atoms with Crippen LogP contribution in [0, 0.1) is 5.92 Å². The number of para-hydroxylation sites is 3. The highest BCUT2D eigenvalue weighted by Gasteiger charge is 2.31. The Hall–Kier alpha value is -2.81. The lowest BCUT2D eigenvalue weighted by molar-refractivity contribution is -0.136. The van der Waals surface area contributed by atoms with Crippen molar-refractivity contribution in [3.05, 3.63) is 59.4 Å². The molecule has 2 aromatic heterocycles. The number of amides is 1. The number of carbonyl (C=O) groups excluding carboxylic acids is 1. The number of nitrogens with one attached hydrogen (secondary N) is 2. The van der Waals surface area contributed by atoms with E-state index in [1.54, 1.807) is 0 Å². The number of aromatic nitrogens is 3. The maximum atomic E-state index is 12.8. The highest BCUT2D eigenvalue weighted by atomic mass is 32.1. The van der Waals surface area contributed by atoms with Gasteiger partial charge in [0.25, 0.3) is 5.91 Å². The van der Waals surface area contributed by atoms with E-state index in [9.17, 15) is 15.0 Å². The summed E-state index contributed by atoms with van der Waals surface area (Å²) in [5.41, 5.74) is 2.42. The molecule has 4 rings (SSSR count). The first-order valence-electron chi connectivity index (χ1n) is 9.89. The molecule has 0 aliphatic rings. The van der Waals surface area contributed by atoms with Gasteiger partial charge < -0.3 is 20.5 Å². The number of benzene rings is 2. The smallest absolute Gasteiger partial charge is 0.252 e. The van der Waals surface area contributed by atoms with E-state index in [-0.39, 0.29) is 5.92 Å². The van der Waals surface area contributed by atoms with Gasteiger partial charge in [-0.05, 0) is 36.6 Å². The number of aliphatic hydroxyl groups is 2. The van der Waals surface area contributed by atoms with E-state index in [2.05, 4.69) is 20.3 Å². The number of H-pyrrole nitrogens is 1. The largest absolute Gasteiger partial charge is 0.383 e. The van der Waals surface area contributed by atoms with Gasteiger partial charge in [-0.2, -0.15) is 0 Å². The number of hydrogen-bond donors (Lipinski definition) is 4. The molecule has 2 heterocycles. The van der Waals surface area contributed by atoms with Crippen LogP contribution in [0.1, 0.15) is 43.2 Å². The number of rotatable bonds is 7. The van der Waals surface area contributed by atoms with Crippen LogP contribution in [0.25, 0.3) is 21.3 Å². The molecule has 0 bridgehead atoms. The molecule has 0 aliphatic heterocycles. The molecular weight excluding hydrogens is 400 g/mol. The molecule has 1 amide bonds. The molecule has 156 valence electrons. The Kier molecular flexibility index (Phi) is 5.80. The summed E-state index contributed by atoms with van der Waals surface area (Å²) in [6, 6.07) is 14.7. The Bertz CT molecular complexity index is 1100. The maximum absolute atomic E-state index is 12.8. The van der Waals surface area contributed by atoms with Gasteiger partial charge in [-0.1, -0.05) is 38.1 Å². The molecule has 0 radical (unpaired) electrons. The molecule has 0 fully saturated rings. The van der Waals surface area contributed by atoms with E-state index in [1.165, 1.54) is 11.3 Å². The quantitative estimate of drug-likeness (QED) is 0.363. The van der Waals surface area contributed by atoms with Crippen molar-refractivity contribution in [3.63, 3.8) is 0 Å². The number of nitrogens with zero attached hydrogens (tertiary/aromatic N) is 2. The summed E-state index contributed by atoms with van der Waals surface area (Å²) >= 11 is 1.26. The van der Waals surface area contributed by atoms with Crippen LogP contribution in [0.3, 0.4) is 0 Å². The number of aromatic amines is 1. The average Bonchev–Trinajstić information content (AvgIpc) is 3.35. The van der Waals surface area contributed by atoms with Crippen LogP contribution in [0.2, 0.25) is 0 Å². The van der Waals surface area contributed by atoms with E-state index >= 15 is 0 Å². The second-order valence-electron chi connectivity index (χ2n) is 7.74. The molecule has 0 aliphatic carbocycles. The van der Waals surface area contributed by atoms with E-state index < -0.39 is 24.2 Å². The number of aliphatic hydroxyl groups excluding tert-OH is 2. The third-order valence-corrected chi connectivity index (χ3v) is 6.00. The van der Waals surface area contributed by atoms with Crippen molar-refractivity contribution < 1.29 is 15.0 Å². The van der Waals surface area contributed by atoms with E-state index in [1.807, 2.05) is 62.4 Å². The highest BCUT2D eigenvalue weighted by Crippen LogP contribution is 2.29. The van der Waals surface area contributed by atoms with Crippen LogP contribution in [0.4, 0.5) is 0 Å². The zero-order valence-electron chi connectivity index (χ0n) is 16.7. The summed E-state index contributed by atoms with van der Waals surface area (Å²) in [6.45, 7) is 4.10. The fourth-order valence-corrected chi connectivity index (χ4v) is 4.38. The number of imidazole rings is 1. The van der Waals surface area contributed by atoms with Gasteiger partial charge in [0.2, 0.25) is 0 Å². The van der Waals surface area contributed by atoms with Gasteiger partial charge in [-0.25, -0.2) is 9.97 Å². The second kappa shape index (κ2) is 8.51. The van der Waals surface area contributed by atoms with Crippen molar-refractivity contribution in [1.82, 2.24) is 20.3 Å². The van der Waals surface area contributed by atoms with Crippen LogP contribution in [0.15, 0.2) is 48.5 Å². The molecule has 0 spiro atoms. The summed E-state index contributed by atoms with van der Waals surface area (Å²) in [5, 5.41) is 24.2. The van der Waals surface area contributed by atoms with E-state index in [0.717, 1.165) is 21.3 Å². The summed E-state index contributed by atoms with van der Waals surface area (Å²) in [6.07, 6.45) is -2.41.